The number of amides is 2. The van der Waals surface area contributed by atoms with Crippen LogP contribution >= 0.6 is 11.3 Å². The van der Waals surface area contributed by atoms with E-state index in [1.54, 1.807) is 27.7 Å². The van der Waals surface area contributed by atoms with Crippen molar-refractivity contribution in [3.63, 3.8) is 0 Å². The van der Waals surface area contributed by atoms with Crippen LogP contribution in [0.15, 0.2) is 30.3 Å². The van der Waals surface area contributed by atoms with Gasteiger partial charge in [-0.15, -0.1) is 11.3 Å². The molecule has 2 aromatic rings. The van der Waals surface area contributed by atoms with Gasteiger partial charge >= 0.3 is 5.92 Å². The summed E-state index contributed by atoms with van der Waals surface area (Å²) in [5.74, 6) is -6.17. The Bertz CT molecular complexity index is 862. The Kier molecular flexibility index (Phi) is 5.99. The fourth-order valence-corrected chi connectivity index (χ4v) is 3.00. The fraction of sp³-hybridized carbons (Fsp3) is 0.368. The molecule has 2 N–H and O–H groups in total. The van der Waals surface area contributed by atoms with Crippen molar-refractivity contribution in [3.05, 3.63) is 51.5 Å². The number of thiophene rings is 1. The highest BCUT2D eigenvalue weighted by atomic mass is 32.1. The molecule has 0 atom stereocenters. The van der Waals surface area contributed by atoms with E-state index >= 15 is 0 Å². The van der Waals surface area contributed by atoms with Gasteiger partial charge in [-0.1, -0.05) is 6.92 Å². The number of halogens is 3. The first-order chi connectivity index (χ1) is 12.5. The van der Waals surface area contributed by atoms with Gasteiger partial charge in [-0.25, -0.2) is 4.39 Å². The maximum Gasteiger partial charge on any atom is 0.358 e. The van der Waals surface area contributed by atoms with E-state index in [2.05, 4.69) is 10.6 Å². The summed E-state index contributed by atoms with van der Waals surface area (Å²) in [7, 11) is 0. The van der Waals surface area contributed by atoms with Crippen LogP contribution in [0, 0.1) is 12.7 Å². The Labute approximate surface area is 159 Å². The lowest BCUT2D eigenvalue weighted by Gasteiger charge is -2.27. The van der Waals surface area contributed by atoms with Crippen molar-refractivity contribution >= 4 is 28.8 Å². The first-order valence-electron chi connectivity index (χ1n) is 8.34. The summed E-state index contributed by atoms with van der Waals surface area (Å²) in [6.07, 6.45) is 0.490. The Morgan fingerprint density at radius 1 is 1.15 bits per heavy atom. The minimum absolute atomic E-state index is 0.0224. The summed E-state index contributed by atoms with van der Waals surface area (Å²) in [6.45, 7) is 6.63. The molecule has 0 fully saturated rings. The molecule has 0 aliphatic rings. The normalized spacial score (nSPS) is 12.0. The number of hydrogen-bond donors (Lipinski definition) is 2. The second kappa shape index (κ2) is 7.72. The van der Waals surface area contributed by atoms with Gasteiger partial charge in [0.2, 0.25) is 0 Å². The van der Waals surface area contributed by atoms with Gasteiger partial charge in [0, 0.05) is 11.2 Å². The highest BCUT2D eigenvalue weighted by Gasteiger charge is 2.44. The van der Waals surface area contributed by atoms with E-state index in [9.17, 15) is 22.8 Å². The van der Waals surface area contributed by atoms with Crippen LogP contribution in [0.1, 0.15) is 47.3 Å². The quantitative estimate of drug-likeness (QED) is 0.731. The van der Waals surface area contributed by atoms with Crippen molar-refractivity contribution in [2.24, 2.45) is 0 Å². The second-order valence-electron chi connectivity index (χ2n) is 6.85. The molecule has 146 valence electrons. The van der Waals surface area contributed by atoms with Crippen LogP contribution < -0.4 is 10.6 Å². The van der Waals surface area contributed by atoms with Crippen LogP contribution in [-0.4, -0.2) is 17.4 Å². The van der Waals surface area contributed by atoms with E-state index in [4.69, 9.17) is 0 Å². The third-order valence-corrected chi connectivity index (χ3v) is 5.33. The number of rotatable bonds is 6. The zero-order chi connectivity index (χ0) is 20.4. The number of nitrogens with one attached hydrogen (secondary N) is 2. The van der Waals surface area contributed by atoms with E-state index in [1.165, 1.54) is 24.3 Å². The van der Waals surface area contributed by atoms with Crippen LogP contribution in [0.25, 0.3) is 0 Å². The molecule has 2 rings (SSSR count). The monoisotopic (exact) mass is 398 g/mol. The van der Waals surface area contributed by atoms with E-state index < -0.39 is 34.0 Å². The average Bonchev–Trinajstić information content (AvgIpc) is 3.09. The molecule has 2 amide bonds. The lowest BCUT2D eigenvalue weighted by Crippen LogP contribution is -2.48. The van der Waals surface area contributed by atoms with E-state index in [0.29, 0.717) is 29.0 Å². The summed E-state index contributed by atoms with van der Waals surface area (Å²) in [4.78, 5) is 23.7. The number of benzene rings is 1. The van der Waals surface area contributed by atoms with Gasteiger partial charge in [0.15, 0.2) is 0 Å². The Hall–Kier alpha value is -2.35. The molecule has 0 unspecified atom stereocenters. The van der Waals surface area contributed by atoms with Crippen molar-refractivity contribution in [3.8, 4) is 0 Å². The Morgan fingerprint density at radius 2 is 1.81 bits per heavy atom. The van der Waals surface area contributed by atoms with Crippen LogP contribution in [-0.2, 0) is 10.7 Å². The molecule has 0 radical (unpaired) electrons. The maximum absolute atomic E-state index is 14.4. The van der Waals surface area contributed by atoms with Crippen molar-refractivity contribution < 1.29 is 22.8 Å². The van der Waals surface area contributed by atoms with Gasteiger partial charge in [0.05, 0.1) is 9.75 Å². The van der Waals surface area contributed by atoms with Gasteiger partial charge in [-0.3, -0.25) is 9.59 Å². The standard InChI is InChI=1S/C19H21F3N2O2S/c1-5-18(3,4)24-17(26)19(21,22)15-9-8-14(27-15)16(25)23-12-6-7-13(20)11(2)10-12/h6-10H,5H2,1-4H3,(H,23,25)(H,24,26). The zero-order valence-corrected chi connectivity index (χ0v) is 16.3. The molecule has 0 aliphatic heterocycles. The largest absolute Gasteiger partial charge is 0.358 e. The van der Waals surface area contributed by atoms with Gasteiger partial charge in [0.1, 0.15) is 5.82 Å². The summed E-state index contributed by atoms with van der Waals surface area (Å²) in [5.41, 5.74) is -0.0669. The van der Waals surface area contributed by atoms with Crippen LogP contribution in [0.2, 0.25) is 0 Å². The van der Waals surface area contributed by atoms with Gasteiger partial charge in [0.25, 0.3) is 11.8 Å². The molecule has 0 saturated carbocycles. The third-order valence-electron chi connectivity index (χ3n) is 4.18. The van der Waals surface area contributed by atoms with Crippen molar-refractivity contribution in [2.45, 2.75) is 45.6 Å². The third kappa shape index (κ3) is 4.88. The van der Waals surface area contributed by atoms with Gasteiger partial charge in [-0.05, 0) is 63.1 Å². The maximum atomic E-state index is 14.4. The van der Waals surface area contributed by atoms with Crippen LogP contribution in [0.4, 0.5) is 18.9 Å². The molecule has 0 saturated heterocycles. The molecule has 1 heterocycles. The number of carbonyl (C=O) groups excluding carboxylic acids is 2. The van der Waals surface area contributed by atoms with Crippen molar-refractivity contribution in [2.75, 3.05) is 5.32 Å². The second-order valence-corrected chi connectivity index (χ2v) is 7.93. The molecule has 4 nitrogen and oxygen atoms in total. The minimum Gasteiger partial charge on any atom is -0.346 e. The van der Waals surface area contributed by atoms with Crippen LogP contribution in [0.5, 0.6) is 0 Å². The molecular formula is C19H21F3N2O2S. The fourth-order valence-electron chi connectivity index (χ4n) is 2.13. The highest BCUT2D eigenvalue weighted by Crippen LogP contribution is 2.35. The number of carbonyl (C=O) groups is 2. The Balaban J connectivity index is 2.15. The number of anilines is 1. The van der Waals surface area contributed by atoms with Crippen LogP contribution in [0.3, 0.4) is 0 Å². The highest BCUT2D eigenvalue weighted by molar-refractivity contribution is 7.14. The molecule has 8 heteroatoms. The summed E-state index contributed by atoms with van der Waals surface area (Å²) in [6, 6.07) is 6.32. The number of hydrogen-bond acceptors (Lipinski definition) is 3. The van der Waals surface area contributed by atoms with E-state index in [1.807, 2.05) is 0 Å². The average molecular weight is 398 g/mol. The van der Waals surface area contributed by atoms with Crippen molar-refractivity contribution in [1.82, 2.24) is 5.32 Å². The predicted molar refractivity (Wildman–Crippen MR) is 99.8 cm³/mol. The first kappa shape index (κ1) is 21.0. The predicted octanol–water partition coefficient (Wildman–Crippen LogP) is 4.84. The molecule has 0 aliphatic carbocycles. The Morgan fingerprint density at radius 3 is 2.41 bits per heavy atom. The summed E-state index contributed by atoms with van der Waals surface area (Å²) < 4.78 is 42.2. The molecule has 1 aromatic carbocycles. The topological polar surface area (TPSA) is 58.2 Å². The molecule has 0 bridgehead atoms. The van der Waals surface area contributed by atoms with E-state index in [-0.39, 0.29) is 4.88 Å². The molecular weight excluding hydrogens is 377 g/mol. The van der Waals surface area contributed by atoms with Gasteiger partial charge < -0.3 is 10.6 Å². The summed E-state index contributed by atoms with van der Waals surface area (Å²) >= 11 is 0.540. The SMILES string of the molecule is CCC(C)(C)NC(=O)C(F)(F)c1ccc(C(=O)Nc2ccc(F)c(C)c2)s1. The van der Waals surface area contributed by atoms with Gasteiger partial charge in [-0.2, -0.15) is 8.78 Å². The zero-order valence-electron chi connectivity index (χ0n) is 15.5. The number of aryl methyl sites for hydroxylation is 1. The first-order valence-corrected chi connectivity index (χ1v) is 9.16. The smallest absolute Gasteiger partial charge is 0.346 e. The minimum atomic E-state index is -3.75. The lowest BCUT2D eigenvalue weighted by molar-refractivity contribution is -0.148. The molecule has 0 spiro atoms. The molecule has 27 heavy (non-hydrogen) atoms. The van der Waals surface area contributed by atoms with E-state index in [0.717, 1.165) is 6.07 Å². The van der Waals surface area contributed by atoms with Crippen molar-refractivity contribution in [1.29, 1.82) is 0 Å². The molecule has 1 aromatic heterocycles. The lowest BCUT2D eigenvalue weighted by atomic mass is 10.0. The summed E-state index contributed by atoms with van der Waals surface area (Å²) in [5, 5.41) is 4.84. The number of alkyl halides is 2.